The zero-order chi connectivity index (χ0) is 18.9. The Labute approximate surface area is 155 Å². The second kappa shape index (κ2) is 7.05. The molecule has 0 radical (unpaired) electrons. The number of nitro groups is 1. The first-order valence-electron chi connectivity index (χ1n) is 7.83. The van der Waals surface area contributed by atoms with Gasteiger partial charge in [0.25, 0.3) is 11.6 Å². The topological polar surface area (TPSA) is 97.6 Å². The van der Waals surface area contributed by atoms with Gasteiger partial charge in [0.05, 0.1) is 25.7 Å². The van der Waals surface area contributed by atoms with Gasteiger partial charge in [0.2, 0.25) is 0 Å². The van der Waals surface area contributed by atoms with Crippen LogP contribution in [0.4, 0.5) is 5.69 Å². The molecule has 1 aliphatic rings. The molecule has 9 heteroatoms. The number of benzene rings is 2. The van der Waals surface area contributed by atoms with Crippen molar-refractivity contribution in [3.05, 3.63) is 69.2 Å². The molecule has 0 saturated carbocycles. The minimum Gasteiger partial charge on any atom is -0.337 e. The summed E-state index contributed by atoms with van der Waals surface area (Å²) >= 11 is 6.01. The van der Waals surface area contributed by atoms with Crippen LogP contribution < -0.4 is 0 Å². The number of carbonyl (C=O) groups excluding carboxylic acids is 1. The van der Waals surface area contributed by atoms with Gasteiger partial charge >= 0.3 is 0 Å². The molecular weight excluding hydrogens is 380 g/mol. The zero-order valence-corrected chi connectivity index (χ0v) is 15.1. The Balaban J connectivity index is 1.82. The van der Waals surface area contributed by atoms with Crippen molar-refractivity contribution in [1.82, 2.24) is 4.90 Å². The Morgan fingerprint density at radius 2 is 1.88 bits per heavy atom. The second-order valence-electron chi connectivity index (χ2n) is 5.94. The molecule has 0 aromatic heterocycles. The molecule has 1 unspecified atom stereocenters. The van der Waals surface area contributed by atoms with E-state index in [-0.39, 0.29) is 34.3 Å². The van der Waals surface area contributed by atoms with Crippen LogP contribution in [0.1, 0.15) is 16.8 Å². The van der Waals surface area contributed by atoms with Crippen molar-refractivity contribution >= 4 is 33.0 Å². The van der Waals surface area contributed by atoms with Crippen LogP contribution in [-0.4, -0.2) is 42.5 Å². The highest BCUT2D eigenvalue weighted by molar-refractivity contribution is 7.92. The number of nitro benzene ring substituents is 1. The van der Waals surface area contributed by atoms with Gasteiger partial charge in [-0.25, -0.2) is 8.42 Å². The Hall–Kier alpha value is -2.45. The monoisotopic (exact) mass is 394 g/mol. The van der Waals surface area contributed by atoms with Gasteiger partial charge in [0.1, 0.15) is 0 Å². The van der Waals surface area contributed by atoms with Crippen LogP contribution in [0.15, 0.2) is 53.4 Å². The average molecular weight is 395 g/mol. The molecule has 0 bridgehead atoms. The van der Waals surface area contributed by atoms with Crippen molar-refractivity contribution in [3.63, 3.8) is 0 Å². The van der Waals surface area contributed by atoms with Gasteiger partial charge in [-0.1, -0.05) is 29.8 Å². The smallest absolute Gasteiger partial charge is 0.270 e. The number of non-ortho nitro benzene ring substituents is 1. The Morgan fingerprint density at radius 1 is 1.19 bits per heavy atom. The lowest BCUT2D eigenvalue weighted by atomic mass is 10.2. The molecule has 2 aromatic carbocycles. The number of sulfone groups is 1. The summed E-state index contributed by atoms with van der Waals surface area (Å²) in [5.41, 5.74) is -0.246. The number of hydrogen-bond acceptors (Lipinski definition) is 5. The minimum atomic E-state index is -3.55. The zero-order valence-electron chi connectivity index (χ0n) is 13.5. The summed E-state index contributed by atoms with van der Waals surface area (Å²) in [6.07, 6.45) is 0.301. The fourth-order valence-corrected chi connectivity index (χ4v) is 4.84. The molecule has 1 amide bonds. The summed E-state index contributed by atoms with van der Waals surface area (Å²) in [7, 11) is -3.55. The number of hydrogen-bond donors (Lipinski definition) is 0. The molecule has 26 heavy (non-hydrogen) atoms. The van der Waals surface area contributed by atoms with Crippen LogP contribution in [0.5, 0.6) is 0 Å². The highest BCUT2D eigenvalue weighted by Gasteiger charge is 2.37. The fraction of sp³-hybridized carbons (Fsp3) is 0.235. The van der Waals surface area contributed by atoms with Crippen molar-refractivity contribution in [3.8, 4) is 0 Å². The average Bonchev–Trinajstić information content (AvgIpc) is 3.13. The van der Waals surface area contributed by atoms with Gasteiger partial charge in [-0.2, -0.15) is 0 Å². The second-order valence-corrected chi connectivity index (χ2v) is 8.58. The standard InChI is InChI=1S/C17H15ClN2O5S/c18-16-7-6-12(20(22)23)10-15(16)17(21)19-9-8-14(11-19)26(24,25)13-4-2-1-3-5-13/h1-7,10,14H,8-9,11H2. The highest BCUT2D eigenvalue weighted by Crippen LogP contribution is 2.28. The summed E-state index contributed by atoms with van der Waals surface area (Å²) < 4.78 is 25.4. The SMILES string of the molecule is O=C(c1cc([N+](=O)[O-])ccc1Cl)N1CCC(S(=O)(=O)c2ccccc2)C1. The van der Waals surface area contributed by atoms with Crippen LogP contribution in [0.2, 0.25) is 5.02 Å². The molecule has 1 fully saturated rings. The van der Waals surface area contributed by atoms with E-state index in [1.165, 1.54) is 29.2 Å². The Morgan fingerprint density at radius 3 is 2.54 bits per heavy atom. The largest absolute Gasteiger partial charge is 0.337 e. The van der Waals surface area contributed by atoms with Crippen molar-refractivity contribution < 1.29 is 18.1 Å². The summed E-state index contributed by atoms with van der Waals surface area (Å²) in [6, 6.07) is 11.7. The van der Waals surface area contributed by atoms with Gasteiger partial charge in [-0.3, -0.25) is 14.9 Å². The molecular formula is C17H15ClN2O5S. The maximum atomic E-state index is 12.7. The van der Waals surface area contributed by atoms with E-state index in [0.29, 0.717) is 6.42 Å². The predicted molar refractivity (Wildman–Crippen MR) is 96.0 cm³/mol. The normalized spacial score (nSPS) is 17.3. The maximum absolute atomic E-state index is 12.7. The van der Waals surface area contributed by atoms with Crippen LogP contribution in [0, 0.1) is 10.1 Å². The predicted octanol–water partition coefficient (Wildman–Crippen LogP) is 2.94. The van der Waals surface area contributed by atoms with Crippen LogP contribution in [-0.2, 0) is 9.84 Å². The number of halogens is 1. The van der Waals surface area contributed by atoms with Gasteiger partial charge in [0, 0.05) is 25.2 Å². The lowest BCUT2D eigenvalue weighted by Gasteiger charge is -2.17. The van der Waals surface area contributed by atoms with E-state index in [4.69, 9.17) is 11.6 Å². The third kappa shape index (κ3) is 3.42. The fourth-order valence-electron chi connectivity index (χ4n) is 2.93. The van der Waals surface area contributed by atoms with E-state index >= 15 is 0 Å². The molecule has 2 aromatic rings. The number of nitrogens with zero attached hydrogens (tertiary/aromatic N) is 2. The highest BCUT2D eigenvalue weighted by atomic mass is 35.5. The lowest BCUT2D eigenvalue weighted by Crippen LogP contribution is -2.32. The lowest BCUT2D eigenvalue weighted by molar-refractivity contribution is -0.384. The van der Waals surface area contributed by atoms with E-state index in [1.807, 2.05) is 0 Å². The van der Waals surface area contributed by atoms with Crippen molar-refractivity contribution in [1.29, 1.82) is 0 Å². The minimum absolute atomic E-state index is 0.00127. The summed E-state index contributed by atoms with van der Waals surface area (Å²) in [4.78, 5) is 24.6. The molecule has 0 N–H and O–H groups in total. The molecule has 0 aliphatic carbocycles. The number of amides is 1. The van der Waals surface area contributed by atoms with Gasteiger partial charge in [-0.15, -0.1) is 0 Å². The van der Waals surface area contributed by atoms with Gasteiger partial charge in [-0.05, 0) is 24.6 Å². The quantitative estimate of drug-likeness (QED) is 0.586. The molecule has 136 valence electrons. The van der Waals surface area contributed by atoms with Crippen LogP contribution >= 0.6 is 11.6 Å². The summed E-state index contributed by atoms with van der Waals surface area (Å²) in [6.45, 7) is 0.268. The first kappa shape index (κ1) is 18.3. The van der Waals surface area contributed by atoms with Crippen molar-refractivity contribution in [2.45, 2.75) is 16.6 Å². The van der Waals surface area contributed by atoms with Crippen LogP contribution in [0.25, 0.3) is 0 Å². The maximum Gasteiger partial charge on any atom is 0.270 e. The molecule has 1 heterocycles. The first-order valence-corrected chi connectivity index (χ1v) is 9.75. The van der Waals surface area contributed by atoms with Crippen molar-refractivity contribution in [2.24, 2.45) is 0 Å². The number of likely N-dealkylation sites (tertiary alicyclic amines) is 1. The summed E-state index contributed by atoms with van der Waals surface area (Å²) in [5.74, 6) is -0.510. The summed E-state index contributed by atoms with van der Waals surface area (Å²) in [5, 5.41) is 10.3. The first-order chi connectivity index (χ1) is 12.3. The van der Waals surface area contributed by atoms with Crippen molar-refractivity contribution in [2.75, 3.05) is 13.1 Å². The van der Waals surface area contributed by atoms with Crippen LogP contribution in [0.3, 0.4) is 0 Å². The molecule has 3 rings (SSSR count). The van der Waals surface area contributed by atoms with E-state index in [1.54, 1.807) is 18.2 Å². The van der Waals surface area contributed by atoms with E-state index in [2.05, 4.69) is 0 Å². The van der Waals surface area contributed by atoms with Gasteiger partial charge < -0.3 is 4.90 Å². The van der Waals surface area contributed by atoms with E-state index in [0.717, 1.165) is 6.07 Å². The Kier molecular flexibility index (Phi) is 4.97. The van der Waals surface area contributed by atoms with E-state index in [9.17, 15) is 23.3 Å². The Bertz CT molecular complexity index is 962. The molecule has 0 spiro atoms. The van der Waals surface area contributed by atoms with E-state index < -0.39 is 25.9 Å². The molecule has 1 atom stereocenters. The molecule has 7 nitrogen and oxygen atoms in total. The number of rotatable bonds is 4. The molecule has 1 saturated heterocycles. The van der Waals surface area contributed by atoms with Gasteiger partial charge in [0.15, 0.2) is 9.84 Å². The third-order valence-corrected chi connectivity index (χ3v) is 6.86. The molecule has 1 aliphatic heterocycles. The third-order valence-electron chi connectivity index (χ3n) is 4.33. The number of carbonyl (C=O) groups is 1.